The summed E-state index contributed by atoms with van der Waals surface area (Å²) >= 11 is 0. The van der Waals surface area contributed by atoms with Crippen molar-refractivity contribution < 1.29 is 17.9 Å². The van der Waals surface area contributed by atoms with Gasteiger partial charge in [-0.05, 0) is 34.2 Å². The number of esters is 1. The zero-order valence-corrected chi connectivity index (χ0v) is 12.1. The van der Waals surface area contributed by atoms with Gasteiger partial charge in [0.25, 0.3) is 0 Å². The molecule has 1 N–H and O–H groups in total. The van der Waals surface area contributed by atoms with Crippen molar-refractivity contribution in [2.75, 3.05) is 18.6 Å². The van der Waals surface area contributed by atoms with Crippen LogP contribution in [0.25, 0.3) is 0 Å². The monoisotopic (exact) mass is 265 g/mol. The van der Waals surface area contributed by atoms with E-state index in [1.54, 1.807) is 27.8 Å². The number of ether oxygens (including phenoxy) is 1. The average molecular weight is 265 g/mol. The summed E-state index contributed by atoms with van der Waals surface area (Å²) in [6, 6.07) is -0.123. The highest BCUT2D eigenvalue weighted by Crippen LogP contribution is 2.08. The van der Waals surface area contributed by atoms with Crippen molar-refractivity contribution in [2.24, 2.45) is 0 Å². The fraction of sp³-hybridized carbons (Fsp3) is 0.909. The van der Waals surface area contributed by atoms with E-state index in [1.165, 1.54) is 0 Å². The molecule has 102 valence electrons. The molecule has 0 radical (unpaired) electrons. The summed E-state index contributed by atoms with van der Waals surface area (Å²) in [5.74, 6) is -1.29. The minimum atomic E-state index is -3.41. The number of carbonyl (C=O) groups excluding carboxylic acids is 1. The lowest BCUT2D eigenvalue weighted by molar-refractivity contribution is -0.151. The molecule has 0 aromatic rings. The molecule has 0 bridgehead atoms. The fourth-order valence-corrected chi connectivity index (χ4v) is 2.87. The van der Waals surface area contributed by atoms with Gasteiger partial charge in [-0.1, -0.05) is 6.92 Å². The van der Waals surface area contributed by atoms with E-state index in [0.717, 1.165) is 0 Å². The molecule has 0 saturated heterocycles. The second kappa shape index (κ2) is 6.35. The SMILES string of the molecule is CCC(CS(=O)(=O)CC(=O)OC(C)(C)C)NC. The quantitative estimate of drug-likeness (QED) is 0.717. The van der Waals surface area contributed by atoms with Crippen LogP contribution in [-0.4, -0.2) is 44.6 Å². The lowest BCUT2D eigenvalue weighted by atomic mass is 10.2. The van der Waals surface area contributed by atoms with Crippen LogP contribution in [0.15, 0.2) is 0 Å². The van der Waals surface area contributed by atoms with E-state index in [0.29, 0.717) is 6.42 Å². The summed E-state index contributed by atoms with van der Waals surface area (Å²) in [6.07, 6.45) is 0.698. The molecular weight excluding hydrogens is 242 g/mol. The van der Waals surface area contributed by atoms with Gasteiger partial charge in [0, 0.05) is 6.04 Å². The summed E-state index contributed by atoms with van der Waals surface area (Å²) < 4.78 is 28.4. The first-order chi connectivity index (χ1) is 7.59. The Labute approximate surface area is 104 Å². The maximum Gasteiger partial charge on any atom is 0.321 e. The van der Waals surface area contributed by atoms with Gasteiger partial charge in [0.1, 0.15) is 11.4 Å². The lowest BCUT2D eigenvalue weighted by Gasteiger charge is -2.20. The number of rotatable bonds is 6. The van der Waals surface area contributed by atoms with Crippen LogP contribution in [-0.2, 0) is 19.4 Å². The molecule has 1 unspecified atom stereocenters. The molecule has 0 aliphatic heterocycles. The van der Waals surface area contributed by atoms with Crippen molar-refractivity contribution in [3.8, 4) is 0 Å². The zero-order chi connectivity index (χ0) is 13.7. The van der Waals surface area contributed by atoms with Gasteiger partial charge in [0.15, 0.2) is 9.84 Å². The fourth-order valence-electron chi connectivity index (χ4n) is 1.32. The number of carbonyl (C=O) groups is 1. The van der Waals surface area contributed by atoms with Gasteiger partial charge in [0.2, 0.25) is 0 Å². The number of hydrogen-bond acceptors (Lipinski definition) is 5. The second-order valence-electron chi connectivity index (χ2n) is 5.03. The third kappa shape index (κ3) is 8.15. The molecule has 0 amide bonds. The second-order valence-corrected chi connectivity index (χ2v) is 7.14. The predicted molar refractivity (Wildman–Crippen MR) is 67.6 cm³/mol. The molecule has 0 aliphatic carbocycles. The van der Waals surface area contributed by atoms with E-state index in [2.05, 4.69) is 5.32 Å². The first kappa shape index (κ1) is 16.4. The maximum atomic E-state index is 11.7. The number of hydrogen-bond donors (Lipinski definition) is 1. The lowest BCUT2D eigenvalue weighted by Crippen LogP contribution is -2.36. The molecule has 5 nitrogen and oxygen atoms in total. The van der Waals surface area contributed by atoms with Crippen molar-refractivity contribution in [1.29, 1.82) is 0 Å². The Morgan fingerprint density at radius 2 is 1.88 bits per heavy atom. The third-order valence-electron chi connectivity index (χ3n) is 2.11. The summed E-state index contributed by atoms with van der Waals surface area (Å²) in [5.41, 5.74) is -0.653. The van der Waals surface area contributed by atoms with Crippen LogP contribution in [0, 0.1) is 0 Å². The third-order valence-corrected chi connectivity index (χ3v) is 3.70. The Hall–Kier alpha value is -0.620. The van der Waals surface area contributed by atoms with E-state index in [1.807, 2.05) is 6.92 Å². The predicted octanol–water partition coefficient (Wildman–Crippen LogP) is 0.741. The van der Waals surface area contributed by atoms with Crippen molar-refractivity contribution in [1.82, 2.24) is 5.32 Å². The minimum Gasteiger partial charge on any atom is -0.459 e. The Balaban J connectivity index is 4.41. The van der Waals surface area contributed by atoms with Gasteiger partial charge in [-0.25, -0.2) is 8.42 Å². The molecule has 0 spiro atoms. The Morgan fingerprint density at radius 3 is 2.24 bits per heavy atom. The minimum absolute atomic E-state index is 0.0424. The molecule has 0 saturated carbocycles. The molecule has 0 rings (SSSR count). The van der Waals surface area contributed by atoms with Crippen LogP contribution >= 0.6 is 0 Å². The largest absolute Gasteiger partial charge is 0.459 e. The Bertz CT molecular complexity index is 339. The van der Waals surface area contributed by atoms with Gasteiger partial charge in [-0.15, -0.1) is 0 Å². The highest BCUT2D eigenvalue weighted by atomic mass is 32.2. The topological polar surface area (TPSA) is 72.5 Å². The first-order valence-electron chi connectivity index (χ1n) is 5.69. The van der Waals surface area contributed by atoms with Gasteiger partial charge in [0.05, 0.1) is 5.75 Å². The van der Waals surface area contributed by atoms with Crippen LogP contribution in [0.5, 0.6) is 0 Å². The molecule has 0 aliphatic rings. The Morgan fingerprint density at radius 1 is 1.35 bits per heavy atom. The van der Waals surface area contributed by atoms with Gasteiger partial charge in [-0.2, -0.15) is 0 Å². The normalized spacial score (nSPS) is 14.4. The smallest absolute Gasteiger partial charge is 0.321 e. The van der Waals surface area contributed by atoms with Crippen molar-refractivity contribution >= 4 is 15.8 Å². The molecule has 0 fully saturated rings. The van der Waals surface area contributed by atoms with Crippen molar-refractivity contribution in [3.05, 3.63) is 0 Å². The zero-order valence-electron chi connectivity index (χ0n) is 11.2. The summed E-state index contributed by atoms with van der Waals surface area (Å²) in [7, 11) is -1.71. The summed E-state index contributed by atoms with van der Waals surface area (Å²) in [4.78, 5) is 11.4. The molecule has 0 aromatic heterocycles. The molecule has 0 heterocycles. The van der Waals surface area contributed by atoms with E-state index in [9.17, 15) is 13.2 Å². The van der Waals surface area contributed by atoms with Crippen LogP contribution in [0.3, 0.4) is 0 Å². The maximum absolute atomic E-state index is 11.7. The molecule has 17 heavy (non-hydrogen) atoms. The van der Waals surface area contributed by atoms with Crippen LogP contribution < -0.4 is 5.32 Å². The Kier molecular flexibility index (Phi) is 6.12. The van der Waals surface area contributed by atoms with Gasteiger partial charge in [-0.3, -0.25) is 4.79 Å². The van der Waals surface area contributed by atoms with E-state index in [-0.39, 0.29) is 11.8 Å². The van der Waals surface area contributed by atoms with Gasteiger partial charge < -0.3 is 10.1 Å². The standard InChI is InChI=1S/C11H23NO4S/c1-6-9(12-5)7-17(14,15)8-10(13)16-11(2,3)4/h9,12H,6-8H2,1-5H3. The van der Waals surface area contributed by atoms with E-state index >= 15 is 0 Å². The summed E-state index contributed by atoms with van der Waals surface area (Å²) in [5, 5.41) is 2.90. The van der Waals surface area contributed by atoms with Crippen molar-refractivity contribution in [3.63, 3.8) is 0 Å². The summed E-state index contributed by atoms with van der Waals surface area (Å²) in [6.45, 7) is 7.02. The van der Waals surface area contributed by atoms with Crippen LogP contribution in [0.1, 0.15) is 34.1 Å². The average Bonchev–Trinajstić information content (AvgIpc) is 2.09. The molecular formula is C11H23NO4S. The van der Waals surface area contributed by atoms with Crippen LogP contribution in [0.4, 0.5) is 0 Å². The van der Waals surface area contributed by atoms with Gasteiger partial charge >= 0.3 is 5.97 Å². The first-order valence-corrected chi connectivity index (χ1v) is 7.51. The highest BCUT2D eigenvalue weighted by molar-refractivity contribution is 7.92. The highest BCUT2D eigenvalue weighted by Gasteiger charge is 2.24. The van der Waals surface area contributed by atoms with Crippen molar-refractivity contribution in [2.45, 2.75) is 45.8 Å². The molecule has 0 aromatic carbocycles. The molecule has 6 heteroatoms. The van der Waals surface area contributed by atoms with Crippen LogP contribution in [0.2, 0.25) is 0 Å². The molecule has 1 atom stereocenters. The van der Waals surface area contributed by atoms with E-state index in [4.69, 9.17) is 4.74 Å². The van der Waals surface area contributed by atoms with E-state index < -0.39 is 27.2 Å². The number of nitrogens with one attached hydrogen (secondary N) is 1. The number of sulfone groups is 1.